The Morgan fingerprint density at radius 2 is 1.96 bits per heavy atom. The van der Waals surface area contributed by atoms with Crippen molar-refractivity contribution in [3.8, 4) is 5.75 Å². The van der Waals surface area contributed by atoms with Crippen LogP contribution in [0.1, 0.15) is 25.7 Å². The zero-order valence-electron chi connectivity index (χ0n) is 15.0. The molecule has 1 amide bonds. The molecule has 8 heteroatoms. The number of fused-ring (bicyclic) bond motifs is 1. The summed E-state index contributed by atoms with van der Waals surface area (Å²) in [6.07, 6.45) is 3.80. The molecule has 1 aromatic rings. The van der Waals surface area contributed by atoms with Gasteiger partial charge in [0.25, 0.3) is 0 Å². The second kappa shape index (κ2) is 7.56. The summed E-state index contributed by atoms with van der Waals surface area (Å²) in [6, 6.07) is 2.00. The fourth-order valence-electron chi connectivity index (χ4n) is 4.60. The number of ether oxygens (including phenoxy) is 2. The van der Waals surface area contributed by atoms with Crippen LogP contribution in [-0.2, 0) is 9.53 Å². The van der Waals surface area contributed by atoms with Crippen LogP contribution in [0.2, 0.25) is 5.15 Å². The van der Waals surface area contributed by atoms with Gasteiger partial charge in [-0.3, -0.25) is 4.79 Å². The van der Waals surface area contributed by atoms with E-state index in [4.69, 9.17) is 21.1 Å². The largest absolute Gasteiger partial charge is 0.493 e. The summed E-state index contributed by atoms with van der Waals surface area (Å²) in [5.41, 5.74) is 0. The molecule has 1 aromatic heterocycles. The Bertz CT molecular complexity index is 654. The Hall–Kier alpha value is -1.60. The normalized spacial score (nSPS) is 28.8. The van der Waals surface area contributed by atoms with Crippen LogP contribution in [0.5, 0.6) is 5.75 Å². The number of anilines is 1. The lowest BCUT2D eigenvalue weighted by Gasteiger charge is -2.27. The predicted molar refractivity (Wildman–Crippen MR) is 97.3 cm³/mol. The van der Waals surface area contributed by atoms with Gasteiger partial charge in [0.2, 0.25) is 5.91 Å². The number of hydrogen-bond acceptors (Lipinski definition) is 6. The first kappa shape index (κ1) is 17.8. The second-order valence-corrected chi connectivity index (χ2v) is 7.93. The Morgan fingerprint density at radius 3 is 2.62 bits per heavy atom. The minimum absolute atomic E-state index is 0.158. The quantitative estimate of drug-likeness (QED) is 0.863. The monoisotopic (exact) mass is 380 g/mol. The third-order valence-electron chi connectivity index (χ3n) is 5.92. The van der Waals surface area contributed by atoms with Crippen LogP contribution in [0.15, 0.2) is 6.07 Å². The third-order valence-corrected chi connectivity index (χ3v) is 6.11. The number of methoxy groups -OCH3 is 1. The molecule has 3 atom stereocenters. The lowest BCUT2D eigenvalue weighted by Crippen LogP contribution is -2.38. The van der Waals surface area contributed by atoms with Crippen LogP contribution in [0.3, 0.4) is 0 Å². The van der Waals surface area contributed by atoms with Crippen molar-refractivity contribution in [1.29, 1.82) is 0 Å². The van der Waals surface area contributed by atoms with Gasteiger partial charge in [-0.2, -0.15) is 0 Å². The van der Waals surface area contributed by atoms with Crippen LogP contribution in [0.4, 0.5) is 5.82 Å². The van der Waals surface area contributed by atoms with Crippen LogP contribution < -0.4 is 10.1 Å². The van der Waals surface area contributed by atoms with Gasteiger partial charge in [0.1, 0.15) is 0 Å². The molecule has 2 aliphatic heterocycles. The van der Waals surface area contributed by atoms with Crippen molar-refractivity contribution in [1.82, 2.24) is 15.1 Å². The maximum atomic E-state index is 12.7. The summed E-state index contributed by atoms with van der Waals surface area (Å²) in [4.78, 5) is 14.8. The molecule has 0 aromatic carbocycles. The predicted octanol–water partition coefficient (Wildman–Crippen LogP) is 2.21. The molecule has 1 unspecified atom stereocenters. The van der Waals surface area contributed by atoms with E-state index in [9.17, 15) is 4.79 Å². The van der Waals surface area contributed by atoms with Gasteiger partial charge in [-0.05, 0) is 37.5 Å². The molecule has 0 radical (unpaired) electrons. The van der Waals surface area contributed by atoms with Crippen LogP contribution >= 0.6 is 11.6 Å². The maximum Gasteiger partial charge on any atom is 0.225 e. The number of nitrogens with one attached hydrogen (secondary N) is 1. The number of hydrogen-bond donors (Lipinski definition) is 1. The lowest BCUT2D eigenvalue weighted by atomic mass is 9.98. The van der Waals surface area contributed by atoms with Gasteiger partial charge >= 0.3 is 0 Å². The van der Waals surface area contributed by atoms with Crippen molar-refractivity contribution in [2.24, 2.45) is 17.8 Å². The highest BCUT2D eigenvalue weighted by Crippen LogP contribution is 2.40. The van der Waals surface area contributed by atoms with Crippen molar-refractivity contribution in [2.75, 3.05) is 38.7 Å². The zero-order chi connectivity index (χ0) is 18.1. The summed E-state index contributed by atoms with van der Waals surface area (Å²) >= 11 is 5.87. The van der Waals surface area contributed by atoms with E-state index in [1.165, 1.54) is 0 Å². The smallest absolute Gasteiger partial charge is 0.225 e. The topological polar surface area (TPSA) is 76.6 Å². The summed E-state index contributed by atoms with van der Waals surface area (Å²) in [7, 11) is 1.60. The Kier molecular flexibility index (Phi) is 5.18. The summed E-state index contributed by atoms with van der Waals surface area (Å²) in [6.45, 7) is 3.19. The highest BCUT2D eigenvalue weighted by molar-refractivity contribution is 6.29. The third kappa shape index (κ3) is 3.60. The van der Waals surface area contributed by atoms with E-state index in [2.05, 4.69) is 20.4 Å². The molecular formula is C18H25ClN4O3. The van der Waals surface area contributed by atoms with Crippen molar-refractivity contribution >= 4 is 23.3 Å². The number of nitrogens with zero attached hydrogens (tertiary/aromatic N) is 3. The molecule has 26 heavy (non-hydrogen) atoms. The van der Waals surface area contributed by atoms with Gasteiger partial charge in [0.05, 0.1) is 7.11 Å². The van der Waals surface area contributed by atoms with E-state index >= 15 is 0 Å². The number of carbonyl (C=O) groups excluding carboxylic acids is 1. The van der Waals surface area contributed by atoms with E-state index < -0.39 is 0 Å². The first-order valence-corrected chi connectivity index (χ1v) is 9.72. The molecule has 3 aliphatic rings. The molecule has 1 N–H and O–H groups in total. The van der Waals surface area contributed by atoms with Gasteiger partial charge < -0.3 is 19.7 Å². The maximum absolute atomic E-state index is 12.7. The number of likely N-dealkylation sites (tertiary alicyclic amines) is 1. The molecule has 0 bridgehead atoms. The number of aromatic nitrogens is 2. The number of rotatable bonds is 4. The van der Waals surface area contributed by atoms with Gasteiger partial charge in [0, 0.05) is 44.3 Å². The number of carbonyl (C=O) groups is 1. The number of halogens is 1. The van der Waals surface area contributed by atoms with E-state index in [1.807, 2.05) is 0 Å². The first-order valence-electron chi connectivity index (χ1n) is 9.34. The molecule has 1 aliphatic carbocycles. The molecule has 3 fully saturated rings. The standard InChI is InChI=1S/C18H25ClN4O3/c1-25-15-8-16(19)21-22-17(15)20-14-6-12-9-23(10-13(12)7-14)18(24)11-2-4-26-5-3-11/h8,11-14H,2-7,9-10H2,1H3,(H,20,22)/t12-,13?,14+/m1/s1. The average molecular weight is 381 g/mol. The van der Waals surface area contributed by atoms with Crippen LogP contribution in [0.25, 0.3) is 0 Å². The Balaban J connectivity index is 1.33. The van der Waals surface area contributed by atoms with E-state index in [0.29, 0.717) is 53.7 Å². The van der Waals surface area contributed by atoms with E-state index in [0.717, 1.165) is 38.8 Å². The van der Waals surface area contributed by atoms with Crippen LogP contribution in [-0.4, -0.2) is 60.5 Å². The zero-order valence-corrected chi connectivity index (χ0v) is 15.7. The fraction of sp³-hybridized carbons (Fsp3) is 0.722. The van der Waals surface area contributed by atoms with Crippen LogP contribution in [0, 0.1) is 17.8 Å². The summed E-state index contributed by atoms with van der Waals surface area (Å²) in [5, 5.41) is 11.8. The summed E-state index contributed by atoms with van der Waals surface area (Å²) in [5.74, 6) is 2.85. The first-order chi connectivity index (χ1) is 12.6. The van der Waals surface area contributed by atoms with Crippen molar-refractivity contribution in [3.05, 3.63) is 11.2 Å². The second-order valence-electron chi connectivity index (χ2n) is 7.55. The Morgan fingerprint density at radius 1 is 1.27 bits per heavy atom. The van der Waals surface area contributed by atoms with Gasteiger partial charge in [0.15, 0.2) is 16.7 Å². The molecule has 1 saturated carbocycles. The minimum atomic E-state index is 0.158. The molecule has 142 valence electrons. The molecular weight excluding hydrogens is 356 g/mol. The van der Waals surface area contributed by atoms with Gasteiger partial charge in [-0.15, -0.1) is 10.2 Å². The number of amides is 1. The fourth-order valence-corrected chi connectivity index (χ4v) is 4.74. The lowest BCUT2D eigenvalue weighted by molar-refractivity contribution is -0.137. The van der Waals surface area contributed by atoms with E-state index in [1.54, 1.807) is 13.2 Å². The molecule has 0 spiro atoms. The highest BCUT2D eigenvalue weighted by Gasteiger charge is 2.43. The minimum Gasteiger partial charge on any atom is -0.493 e. The Labute approximate surface area is 158 Å². The van der Waals surface area contributed by atoms with E-state index in [-0.39, 0.29) is 5.92 Å². The van der Waals surface area contributed by atoms with Crippen molar-refractivity contribution < 1.29 is 14.3 Å². The molecule has 2 saturated heterocycles. The highest BCUT2D eigenvalue weighted by atomic mass is 35.5. The average Bonchev–Trinajstić information content (AvgIpc) is 3.22. The van der Waals surface area contributed by atoms with Gasteiger partial charge in [-0.1, -0.05) is 11.6 Å². The van der Waals surface area contributed by atoms with Gasteiger partial charge in [-0.25, -0.2) is 0 Å². The molecule has 7 nitrogen and oxygen atoms in total. The molecule has 3 heterocycles. The molecule has 4 rings (SSSR count). The van der Waals surface area contributed by atoms with Crippen molar-refractivity contribution in [3.63, 3.8) is 0 Å². The SMILES string of the molecule is COc1cc(Cl)nnc1N[C@@H]1CC2CN(C(=O)C3CCOCC3)C[C@H]2C1. The van der Waals surface area contributed by atoms with Crippen molar-refractivity contribution in [2.45, 2.75) is 31.7 Å². The summed E-state index contributed by atoms with van der Waals surface area (Å²) < 4.78 is 10.7.